The molecule has 4 aromatic rings. The molecule has 0 unspecified atom stereocenters. The maximum atomic E-state index is 10.9. The van der Waals surface area contributed by atoms with Crippen molar-refractivity contribution in [2.75, 3.05) is 0 Å². The van der Waals surface area contributed by atoms with Gasteiger partial charge in [0.15, 0.2) is 5.75 Å². The third kappa shape index (κ3) is 4.06. The number of carbonyl (C=O) groups is 1. The summed E-state index contributed by atoms with van der Waals surface area (Å²) in [5.74, 6) is -0.200. The molecule has 2 N–H and O–H groups in total. The molecule has 0 aromatic heterocycles. The molecule has 0 aliphatic carbocycles. The van der Waals surface area contributed by atoms with E-state index in [-0.39, 0.29) is 28.0 Å². The van der Waals surface area contributed by atoms with Crippen LogP contribution in [0.5, 0.6) is 17.2 Å². The molecule has 6 heteroatoms. The Kier molecular flexibility index (Phi) is 5.53. The summed E-state index contributed by atoms with van der Waals surface area (Å²) in [7, 11) is 0. The number of halogens is 2. The van der Waals surface area contributed by atoms with E-state index in [0.29, 0.717) is 16.9 Å². The Labute approximate surface area is 182 Å². The summed E-state index contributed by atoms with van der Waals surface area (Å²) in [5.41, 5.74) is 1.95. The Morgan fingerprint density at radius 1 is 0.867 bits per heavy atom. The van der Waals surface area contributed by atoms with Crippen molar-refractivity contribution in [2.24, 2.45) is 0 Å². The minimum Gasteiger partial charge on any atom is -0.507 e. The molecule has 0 spiro atoms. The van der Waals surface area contributed by atoms with Gasteiger partial charge in [0.1, 0.15) is 11.5 Å². The molecule has 0 radical (unpaired) electrons. The van der Waals surface area contributed by atoms with Gasteiger partial charge in [0.2, 0.25) is 0 Å². The molecule has 0 bridgehead atoms. The number of aromatic hydroxyl groups is 1. The van der Waals surface area contributed by atoms with E-state index in [9.17, 15) is 9.90 Å². The molecule has 30 heavy (non-hydrogen) atoms. The van der Waals surface area contributed by atoms with Gasteiger partial charge in [-0.15, -0.1) is 0 Å². The molecule has 4 nitrogen and oxygen atoms in total. The first-order valence-corrected chi connectivity index (χ1v) is 9.86. The number of aliphatic carboxylic acids is 1. The van der Waals surface area contributed by atoms with Crippen molar-refractivity contribution < 1.29 is 19.7 Å². The van der Waals surface area contributed by atoms with E-state index in [2.05, 4.69) is 0 Å². The van der Waals surface area contributed by atoms with Crippen molar-refractivity contribution in [3.63, 3.8) is 0 Å². The highest BCUT2D eigenvalue weighted by Crippen LogP contribution is 2.41. The van der Waals surface area contributed by atoms with Gasteiger partial charge in [-0.1, -0.05) is 65.7 Å². The van der Waals surface area contributed by atoms with E-state index in [1.807, 2.05) is 42.5 Å². The average molecular weight is 439 g/mol. The molecule has 4 aromatic carbocycles. The van der Waals surface area contributed by atoms with E-state index in [0.717, 1.165) is 16.3 Å². The third-order valence-electron chi connectivity index (χ3n) is 4.68. The summed E-state index contributed by atoms with van der Waals surface area (Å²) in [4.78, 5) is 10.9. The van der Waals surface area contributed by atoms with Crippen LogP contribution in [0.2, 0.25) is 10.0 Å². The highest BCUT2D eigenvalue weighted by atomic mass is 35.5. The normalized spacial score (nSPS) is 10.9. The summed E-state index contributed by atoms with van der Waals surface area (Å²) in [6.07, 6.45) is -0.190. The SMILES string of the molecule is O=C(O)Cc1cc(Cl)c(Oc2ccc(O)c(-c3cccc4ccccc34)c2)c(Cl)c1. The fourth-order valence-corrected chi connectivity index (χ4v) is 3.97. The maximum Gasteiger partial charge on any atom is 0.307 e. The largest absolute Gasteiger partial charge is 0.507 e. The zero-order chi connectivity index (χ0) is 21.3. The van der Waals surface area contributed by atoms with Crippen LogP contribution in [-0.4, -0.2) is 16.2 Å². The van der Waals surface area contributed by atoms with Crippen molar-refractivity contribution in [3.8, 4) is 28.4 Å². The summed E-state index contributed by atoms with van der Waals surface area (Å²) in [6, 6.07) is 21.7. The second-order valence-corrected chi connectivity index (χ2v) is 7.58. The molecule has 0 saturated carbocycles. The first-order valence-electron chi connectivity index (χ1n) is 9.11. The Balaban J connectivity index is 1.74. The third-order valence-corrected chi connectivity index (χ3v) is 5.24. The number of hydrogen-bond donors (Lipinski definition) is 2. The fourth-order valence-electron chi connectivity index (χ4n) is 3.36. The molecule has 0 aliphatic heterocycles. The molecule has 0 saturated heterocycles. The minimum absolute atomic E-state index is 0.118. The van der Waals surface area contributed by atoms with Crippen LogP contribution in [0, 0.1) is 0 Å². The number of fused-ring (bicyclic) bond motifs is 1. The summed E-state index contributed by atoms with van der Waals surface area (Å²) >= 11 is 12.6. The number of phenolic OH excluding ortho intramolecular Hbond substituents is 1. The van der Waals surface area contributed by atoms with Crippen LogP contribution in [0.15, 0.2) is 72.8 Å². The van der Waals surface area contributed by atoms with Gasteiger partial charge in [0, 0.05) is 5.56 Å². The van der Waals surface area contributed by atoms with Crippen molar-refractivity contribution in [3.05, 3.63) is 88.4 Å². The number of phenols is 1. The lowest BCUT2D eigenvalue weighted by Gasteiger charge is -2.14. The first kappa shape index (κ1) is 20.1. The molecular formula is C24H16Cl2O4. The standard InChI is InChI=1S/C24H16Cl2O4/c25-20-10-14(12-23(28)29)11-21(26)24(20)30-16-8-9-22(27)19(13-16)18-7-3-5-15-4-1-2-6-17(15)18/h1-11,13,27H,12H2,(H,28,29). The molecule has 4 rings (SSSR count). The maximum absolute atomic E-state index is 10.9. The summed E-state index contributed by atoms with van der Waals surface area (Å²) < 4.78 is 5.91. The number of carboxylic acid groups (broad SMARTS) is 1. The lowest BCUT2D eigenvalue weighted by Crippen LogP contribution is -2.00. The van der Waals surface area contributed by atoms with Crippen molar-refractivity contribution in [1.29, 1.82) is 0 Å². The number of rotatable bonds is 5. The summed E-state index contributed by atoms with van der Waals surface area (Å²) in [6.45, 7) is 0. The van der Waals surface area contributed by atoms with E-state index in [1.54, 1.807) is 18.2 Å². The lowest BCUT2D eigenvalue weighted by atomic mass is 9.97. The van der Waals surface area contributed by atoms with Gasteiger partial charge in [-0.2, -0.15) is 0 Å². The Morgan fingerprint density at radius 3 is 2.30 bits per heavy atom. The van der Waals surface area contributed by atoms with Crippen LogP contribution in [0.4, 0.5) is 0 Å². The number of benzene rings is 4. The molecular weight excluding hydrogens is 423 g/mol. The fraction of sp³-hybridized carbons (Fsp3) is 0.0417. The van der Waals surface area contributed by atoms with Crippen molar-refractivity contribution in [2.45, 2.75) is 6.42 Å². The van der Waals surface area contributed by atoms with Gasteiger partial charge < -0.3 is 14.9 Å². The highest BCUT2D eigenvalue weighted by molar-refractivity contribution is 6.37. The number of hydrogen-bond acceptors (Lipinski definition) is 3. The van der Waals surface area contributed by atoms with Crippen LogP contribution in [0.3, 0.4) is 0 Å². The van der Waals surface area contributed by atoms with Crippen LogP contribution in [0.1, 0.15) is 5.56 Å². The average Bonchev–Trinajstić information content (AvgIpc) is 2.71. The van der Waals surface area contributed by atoms with E-state index in [4.69, 9.17) is 33.0 Å². The van der Waals surface area contributed by atoms with Gasteiger partial charge in [-0.25, -0.2) is 0 Å². The van der Waals surface area contributed by atoms with Gasteiger partial charge in [-0.3, -0.25) is 4.79 Å². The quantitative estimate of drug-likeness (QED) is 0.354. The van der Waals surface area contributed by atoms with E-state index < -0.39 is 5.97 Å². The Morgan fingerprint density at radius 2 is 1.57 bits per heavy atom. The van der Waals surface area contributed by atoms with Gasteiger partial charge >= 0.3 is 5.97 Å². The molecule has 0 aliphatic rings. The molecule has 150 valence electrons. The molecule has 0 amide bonds. The predicted octanol–water partition coefficient (Wildman–Crippen LogP) is 6.94. The number of carboxylic acids is 1. The summed E-state index contributed by atoms with van der Waals surface area (Å²) in [5, 5.41) is 21.9. The van der Waals surface area contributed by atoms with Gasteiger partial charge in [0.05, 0.1) is 16.5 Å². The Hall–Kier alpha value is -3.21. The monoisotopic (exact) mass is 438 g/mol. The molecule has 0 atom stereocenters. The highest BCUT2D eigenvalue weighted by Gasteiger charge is 2.15. The zero-order valence-electron chi connectivity index (χ0n) is 15.6. The smallest absolute Gasteiger partial charge is 0.307 e. The van der Waals surface area contributed by atoms with Crippen LogP contribution in [-0.2, 0) is 11.2 Å². The Bertz CT molecular complexity index is 1240. The zero-order valence-corrected chi connectivity index (χ0v) is 17.1. The van der Waals surface area contributed by atoms with E-state index in [1.165, 1.54) is 12.1 Å². The second-order valence-electron chi connectivity index (χ2n) is 6.77. The molecule has 0 fully saturated rings. The van der Waals surface area contributed by atoms with Crippen molar-refractivity contribution >= 4 is 39.9 Å². The number of ether oxygens (including phenoxy) is 1. The minimum atomic E-state index is -0.978. The van der Waals surface area contributed by atoms with Crippen LogP contribution in [0.25, 0.3) is 21.9 Å². The first-order chi connectivity index (χ1) is 14.4. The van der Waals surface area contributed by atoms with E-state index >= 15 is 0 Å². The lowest BCUT2D eigenvalue weighted by molar-refractivity contribution is -0.136. The molecule has 0 heterocycles. The van der Waals surface area contributed by atoms with Gasteiger partial charge in [-0.05, 0) is 52.2 Å². The van der Waals surface area contributed by atoms with Crippen LogP contribution >= 0.6 is 23.2 Å². The van der Waals surface area contributed by atoms with Crippen LogP contribution < -0.4 is 4.74 Å². The predicted molar refractivity (Wildman–Crippen MR) is 119 cm³/mol. The van der Waals surface area contributed by atoms with Crippen molar-refractivity contribution in [1.82, 2.24) is 0 Å². The topological polar surface area (TPSA) is 66.8 Å². The van der Waals surface area contributed by atoms with Gasteiger partial charge in [0.25, 0.3) is 0 Å². The second kappa shape index (κ2) is 8.27.